The first-order chi connectivity index (χ1) is 7.63. The fraction of sp³-hybridized carbons (Fsp3) is 0.818. The molecule has 0 aromatic rings. The molecule has 3 N–H and O–H groups in total. The molecular formula is C11H23O5P. The van der Waals surface area contributed by atoms with Crippen molar-refractivity contribution in [3.63, 3.8) is 0 Å². The highest BCUT2D eigenvalue weighted by Gasteiger charge is 2.54. The first-order valence-corrected chi connectivity index (χ1v) is 7.21. The van der Waals surface area contributed by atoms with Crippen LogP contribution in [0.4, 0.5) is 0 Å². The van der Waals surface area contributed by atoms with Crippen LogP contribution in [0.25, 0.3) is 0 Å². The van der Waals surface area contributed by atoms with E-state index in [-0.39, 0.29) is 6.61 Å². The van der Waals surface area contributed by atoms with E-state index in [2.05, 4.69) is 6.58 Å². The summed E-state index contributed by atoms with van der Waals surface area (Å²) in [4.78, 5) is 19.2. The Balaban J connectivity index is 5.50. The standard InChI is InChI=1S/C11H23O5P/c1-6-10(7-12)16-11(8(2)3,9(4)5)17(13,14)15/h6,8-10,12H,1,7H2,2-5H3,(H2,13,14,15)/t10-/m0/s1. The van der Waals surface area contributed by atoms with Gasteiger partial charge in [-0.05, 0) is 11.8 Å². The van der Waals surface area contributed by atoms with Gasteiger partial charge in [-0.2, -0.15) is 0 Å². The maximum Gasteiger partial charge on any atom is 0.357 e. The molecule has 0 fully saturated rings. The normalized spacial score (nSPS) is 15.4. The lowest BCUT2D eigenvalue weighted by atomic mass is 9.95. The minimum Gasteiger partial charge on any atom is -0.393 e. The van der Waals surface area contributed by atoms with Gasteiger partial charge in [0.2, 0.25) is 0 Å². The fourth-order valence-electron chi connectivity index (χ4n) is 2.08. The molecular weight excluding hydrogens is 243 g/mol. The number of hydrogen-bond donors (Lipinski definition) is 3. The molecule has 0 radical (unpaired) electrons. The first kappa shape index (κ1) is 16.8. The summed E-state index contributed by atoms with van der Waals surface area (Å²) in [5.41, 5.74) is 0. The van der Waals surface area contributed by atoms with Crippen molar-refractivity contribution in [1.82, 2.24) is 0 Å². The van der Waals surface area contributed by atoms with Crippen molar-refractivity contribution in [2.24, 2.45) is 11.8 Å². The molecule has 102 valence electrons. The van der Waals surface area contributed by atoms with Crippen LogP contribution in [-0.4, -0.2) is 32.9 Å². The highest BCUT2D eigenvalue weighted by atomic mass is 31.2. The molecule has 0 rings (SSSR count). The van der Waals surface area contributed by atoms with Crippen molar-refractivity contribution in [3.8, 4) is 0 Å². The molecule has 0 aliphatic heterocycles. The van der Waals surface area contributed by atoms with Gasteiger partial charge in [0.25, 0.3) is 0 Å². The van der Waals surface area contributed by atoms with E-state index in [1.165, 1.54) is 6.08 Å². The van der Waals surface area contributed by atoms with Crippen LogP contribution in [0.2, 0.25) is 0 Å². The smallest absolute Gasteiger partial charge is 0.357 e. The maximum atomic E-state index is 11.8. The average Bonchev–Trinajstić information content (AvgIpc) is 2.16. The van der Waals surface area contributed by atoms with E-state index in [1.807, 2.05) is 0 Å². The third kappa shape index (κ3) is 3.39. The van der Waals surface area contributed by atoms with Crippen LogP contribution in [0.1, 0.15) is 27.7 Å². The third-order valence-electron chi connectivity index (χ3n) is 2.89. The Labute approximate surface area is 103 Å². The van der Waals surface area contributed by atoms with Crippen molar-refractivity contribution in [2.45, 2.75) is 39.1 Å². The summed E-state index contributed by atoms with van der Waals surface area (Å²) in [5, 5.41) is 7.47. The molecule has 0 heterocycles. The predicted molar refractivity (Wildman–Crippen MR) is 66.6 cm³/mol. The lowest BCUT2D eigenvalue weighted by Gasteiger charge is -2.42. The Morgan fingerprint density at radius 3 is 1.88 bits per heavy atom. The van der Waals surface area contributed by atoms with Crippen molar-refractivity contribution in [2.75, 3.05) is 6.61 Å². The van der Waals surface area contributed by atoms with Crippen LogP contribution >= 0.6 is 7.60 Å². The summed E-state index contributed by atoms with van der Waals surface area (Å²) in [6.45, 7) is 9.89. The number of hydrogen-bond acceptors (Lipinski definition) is 3. The fourth-order valence-corrected chi connectivity index (χ4v) is 3.70. The van der Waals surface area contributed by atoms with Crippen molar-refractivity contribution in [1.29, 1.82) is 0 Å². The molecule has 0 aliphatic rings. The second kappa shape index (κ2) is 6.12. The summed E-state index contributed by atoms with van der Waals surface area (Å²) >= 11 is 0. The Morgan fingerprint density at radius 2 is 1.71 bits per heavy atom. The lowest BCUT2D eigenvalue weighted by Crippen LogP contribution is -2.46. The molecule has 6 heteroatoms. The molecule has 1 atom stereocenters. The SMILES string of the molecule is C=C[C@@H](CO)OC(C(C)C)(C(C)C)P(=O)(O)O. The highest BCUT2D eigenvalue weighted by Crippen LogP contribution is 2.59. The van der Waals surface area contributed by atoms with Crippen LogP contribution in [0, 0.1) is 11.8 Å². The van der Waals surface area contributed by atoms with Crippen LogP contribution in [0.3, 0.4) is 0 Å². The van der Waals surface area contributed by atoms with E-state index in [0.717, 1.165) is 0 Å². The van der Waals surface area contributed by atoms with E-state index >= 15 is 0 Å². The maximum absolute atomic E-state index is 11.8. The van der Waals surface area contributed by atoms with Crippen molar-refractivity contribution < 1.29 is 24.2 Å². The lowest BCUT2D eigenvalue weighted by molar-refractivity contribution is -0.101. The van der Waals surface area contributed by atoms with E-state index in [1.54, 1.807) is 27.7 Å². The van der Waals surface area contributed by atoms with Gasteiger partial charge in [-0.25, -0.2) is 0 Å². The minimum absolute atomic E-state index is 0.356. The van der Waals surface area contributed by atoms with Crippen molar-refractivity contribution >= 4 is 7.60 Å². The second-order valence-electron chi connectivity index (χ2n) is 4.68. The zero-order chi connectivity index (χ0) is 13.9. The Bertz CT molecular complexity index is 286. The van der Waals surface area contributed by atoms with Crippen LogP contribution in [0.15, 0.2) is 12.7 Å². The van der Waals surface area contributed by atoms with Gasteiger partial charge in [-0.1, -0.05) is 33.8 Å². The molecule has 0 aromatic heterocycles. The van der Waals surface area contributed by atoms with Gasteiger partial charge < -0.3 is 19.6 Å². The van der Waals surface area contributed by atoms with Gasteiger partial charge in [-0.15, -0.1) is 6.58 Å². The zero-order valence-corrected chi connectivity index (χ0v) is 11.7. The van der Waals surface area contributed by atoms with Gasteiger partial charge in [0.1, 0.15) is 6.10 Å². The molecule has 0 bridgehead atoms. The molecule has 0 aliphatic carbocycles. The van der Waals surface area contributed by atoms with Crippen molar-refractivity contribution in [3.05, 3.63) is 12.7 Å². The highest BCUT2D eigenvalue weighted by molar-refractivity contribution is 7.53. The van der Waals surface area contributed by atoms with Crippen LogP contribution < -0.4 is 0 Å². The van der Waals surface area contributed by atoms with Crippen LogP contribution in [0.5, 0.6) is 0 Å². The molecule has 0 unspecified atom stereocenters. The molecule has 0 aromatic carbocycles. The summed E-state index contributed by atoms with van der Waals surface area (Å²) in [6.07, 6.45) is 0.558. The molecule has 0 saturated carbocycles. The number of aliphatic hydroxyl groups excluding tert-OH is 1. The zero-order valence-electron chi connectivity index (χ0n) is 10.8. The molecule has 0 amide bonds. The Morgan fingerprint density at radius 1 is 1.29 bits per heavy atom. The molecule has 5 nitrogen and oxygen atoms in total. The quantitative estimate of drug-likeness (QED) is 0.482. The summed E-state index contributed by atoms with van der Waals surface area (Å²) < 4.78 is 17.2. The summed E-state index contributed by atoms with van der Waals surface area (Å²) in [5.74, 6) is -0.783. The van der Waals surface area contributed by atoms with E-state index < -0.39 is 30.9 Å². The Kier molecular flexibility index (Phi) is 6.05. The number of aliphatic hydroxyl groups is 1. The molecule has 0 spiro atoms. The van der Waals surface area contributed by atoms with Crippen LogP contribution in [-0.2, 0) is 9.30 Å². The monoisotopic (exact) mass is 266 g/mol. The molecule has 0 saturated heterocycles. The van der Waals surface area contributed by atoms with Gasteiger partial charge in [0.15, 0.2) is 5.34 Å². The van der Waals surface area contributed by atoms with E-state index in [9.17, 15) is 14.4 Å². The topological polar surface area (TPSA) is 87.0 Å². The van der Waals surface area contributed by atoms with Gasteiger partial charge in [0, 0.05) is 0 Å². The largest absolute Gasteiger partial charge is 0.393 e. The van der Waals surface area contributed by atoms with E-state index in [0.29, 0.717) is 0 Å². The first-order valence-electron chi connectivity index (χ1n) is 5.60. The number of rotatable bonds is 7. The predicted octanol–water partition coefficient (Wildman–Crippen LogP) is 1.74. The van der Waals surface area contributed by atoms with Gasteiger partial charge in [0.05, 0.1) is 6.61 Å². The molecule has 17 heavy (non-hydrogen) atoms. The van der Waals surface area contributed by atoms with E-state index in [4.69, 9.17) is 9.84 Å². The van der Waals surface area contributed by atoms with Gasteiger partial charge in [-0.3, -0.25) is 4.57 Å². The third-order valence-corrected chi connectivity index (χ3v) is 4.94. The van der Waals surface area contributed by atoms with Gasteiger partial charge >= 0.3 is 7.60 Å². The summed E-state index contributed by atoms with van der Waals surface area (Å²) in [7, 11) is -4.48. The average molecular weight is 266 g/mol. The second-order valence-corrected chi connectivity index (χ2v) is 6.47. The minimum atomic E-state index is -4.48. The summed E-state index contributed by atoms with van der Waals surface area (Å²) in [6, 6.07) is 0. The number of ether oxygens (including phenoxy) is 1. The Hall–Kier alpha value is -0.190.